The molecule has 2 fully saturated rings. The van der Waals surface area contributed by atoms with E-state index >= 15 is 0 Å². The Morgan fingerprint density at radius 1 is 0.574 bits per heavy atom. The third kappa shape index (κ3) is 17.0. The van der Waals surface area contributed by atoms with Gasteiger partial charge in [0.15, 0.2) is 23.4 Å². The number of halogens is 3. The molecule has 1 aromatic carbocycles. The average Bonchev–Trinajstić information content (AvgIpc) is 3.01. The number of thiol groups is 1. The van der Waals surface area contributed by atoms with Crippen LogP contribution in [0, 0.1) is 0 Å². The van der Waals surface area contributed by atoms with Crippen molar-refractivity contribution in [1.82, 2.24) is 0 Å². The van der Waals surface area contributed by atoms with Crippen LogP contribution in [-0.4, -0.2) is 159 Å². The van der Waals surface area contributed by atoms with Crippen LogP contribution in [0.5, 0.6) is 0 Å². The van der Waals surface area contributed by atoms with Gasteiger partial charge in [0.1, 0.15) is 36.6 Å². The first-order chi connectivity index (χ1) is 27.1. The minimum absolute atomic E-state index is 0.0758. The Bertz CT molecular complexity index is 2550. The summed E-state index contributed by atoms with van der Waals surface area (Å²) in [5.74, 6) is 0. The van der Waals surface area contributed by atoms with Crippen molar-refractivity contribution in [3.8, 4) is 0 Å². The van der Waals surface area contributed by atoms with Crippen LogP contribution in [0.3, 0.4) is 0 Å². The van der Waals surface area contributed by atoms with Crippen LogP contribution in [0.1, 0.15) is 11.1 Å². The van der Waals surface area contributed by atoms with E-state index in [1.807, 2.05) is 0 Å². The predicted molar refractivity (Wildman–Crippen MR) is 178 cm³/mol. The molecule has 1 aromatic rings. The predicted octanol–water partition coefficient (Wildman–Crippen LogP) is -3.12. The van der Waals surface area contributed by atoms with Gasteiger partial charge in [-0.25, -0.2) is 29.3 Å². The van der Waals surface area contributed by atoms with Crippen LogP contribution < -0.4 is 0 Å². The first kappa shape index (κ1) is 53.7. The van der Waals surface area contributed by atoms with Crippen molar-refractivity contribution in [2.75, 3.05) is 13.2 Å². The van der Waals surface area contributed by atoms with Crippen LogP contribution in [0.4, 0.5) is 13.2 Å². The molecule has 2 saturated heterocycles. The standard InChI is InChI=1S/C19H25F3O31S8/c20-19(21,22)8-3-1-2-7(4-8)18(54)16(53-61(41,42)43)14(51-59(35,36)37)11(10(48-18)6-45-56(26,27)28)47-17-15(52-60(38,39)40)13(50-58(32,33)34)12(49-57(29,30)31)9(46-17)5-44-55(23,24)25/h1-4,9-17,54H,5-6H2,(H,23,24,25)(H,26,27,28)(H,29,30,31)(H,32,33,34)(H,35,36,37)(H,38,39,40)(H,41,42,43)/t9-,10-,11-,12-,13+,14+,15-,16-,17-,18+/m1/s1. The summed E-state index contributed by atoms with van der Waals surface area (Å²) in [6.07, 6.45) is -34.1. The van der Waals surface area contributed by atoms with Crippen molar-refractivity contribution in [1.29, 1.82) is 0 Å². The van der Waals surface area contributed by atoms with Gasteiger partial charge in [0.2, 0.25) is 0 Å². The molecule has 356 valence electrons. The molecule has 0 bridgehead atoms. The lowest BCUT2D eigenvalue weighted by atomic mass is 9.89. The summed E-state index contributed by atoms with van der Waals surface area (Å²) in [5.41, 5.74) is -2.75. The molecule has 0 amide bonds. The summed E-state index contributed by atoms with van der Waals surface area (Å²) in [7, 11) is -42.4. The molecular formula is C19H25F3O31S8. The van der Waals surface area contributed by atoms with E-state index in [0.717, 1.165) is 0 Å². The maximum absolute atomic E-state index is 13.8. The van der Waals surface area contributed by atoms with Gasteiger partial charge >= 0.3 is 79.0 Å². The Labute approximate surface area is 346 Å². The molecule has 2 heterocycles. The number of rotatable bonds is 19. The fourth-order valence-electron chi connectivity index (χ4n) is 5.25. The second kappa shape index (κ2) is 18.7. The molecule has 3 rings (SSSR count). The van der Waals surface area contributed by atoms with Crippen molar-refractivity contribution >= 4 is 85.4 Å². The molecule has 10 atom stereocenters. The fraction of sp³-hybridized carbons (Fsp3) is 0.684. The highest BCUT2D eigenvalue weighted by atomic mass is 32.3. The van der Waals surface area contributed by atoms with Gasteiger partial charge in [0, 0.05) is 0 Å². The average molecular weight is 1060 g/mol. The molecule has 0 aromatic heterocycles. The number of hydrogen-bond donors (Lipinski definition) is 8. The zero-order valence-corrected chi connectivity index (χ0v) is 34.9. The van der Waals surface area contributed by atoms with Crippen LogP contribution in [-0.2, 0) is 127 Å². The first-order valence-corrected chi connectivity index (χ1v) is 24.5. The molecule has 42 heteroatoms. The van der Waals surface area contributed by atoms with Crippen LogP contribution in [0.25, 0.3) is 0 Å². The van der Waals surface area contributed by atoms with Crippen molar-refractivity contribution < 1.29 is 147 Å². The molecule has 0 radical (unpaired) electrons. The highest BCUT2D eigenvalue weighted by Crippen LogP contribution is 2.48. The number of benzene rings is 1. The summed E-state index contributed by atoms with van der Waals surface area (Å²) in [4.78, 5) is -3.44. The number of ether oxygens (including phenoxy) is 3. The summed E-state index contributed by atoms with van der Waals surface area (Å²) in [5, 5.41) is 0. The fourth-order valence-corrected chi connectivity index (χ4v) is 8.90. The summed E-state index contributed by atoms with van der Waals surface area (Å²) in [6, 6.07) is 1.58. The van der Waals surface area contributed by atoms with Gasteiger partial charge in [0.05, 0.1) is 18.8 Å². The van der Waals surface area contributed by atoms with Crippen LogP contribution in [0.2, 0.25) is 0 Å². The molecule has 0 aliphatic carbocycles. The zero-order valence-electron chi connectivity index (χ0n) is 28.3. The Kier molecular flexibility index (Phi) is 16.4. The van der Waals surface area contributed by atoms with Crippen LogP contribution >= 0.6 is 12.6 Å². The zero-order chi connectivity index (χ0) is 47.2. The normalized spacial score (nSPS) is 30.2. The Hall–Kier alpha value is -1.67. The highest BCUT2D eigenvalue weighted by molar-refractivity contribution is 7.82. The van der Waals surface area contributed by atoms with E-state index in [9.17, 15) is 99.4 Å². The molecule has 2 aliphatic heterocycles. The third-order valence-corrected chi connectivity index (χ3v) is 10.9. The minimum atomic E-state index is -6.25. The lowest BCUT2D eigenvalue weighted by Crippen LogP contribution is -2.68. The topological polar surface area (TPSA) is 473 Å². The number of alkyl halides is 3. The number of hydrogen-bond acceptors (Lipinski definition) is 25. The summed E-state index contributed by atoms with van der Waals surface area (Å²) >= 11 is 3.94. The van der Waals surface area contributed by atoms with Crippen molar-refractivity contribution in [2.45, 2.75) is 66.2 Å². The second-order valence-corrected chi connectivity index (χ2v) is 19.5. The van der Waals surface area contributed by atoms with Gasteiger partial charge in [-0.05, 0) is 17.7 Å². The van der Waals surface area contributed by atoms with E-state index in [0.29, 0.717) is 18.2 Å². The Morgan fingerprint density at radius 3 is 1.44 bits per heavy atom. The van der Waals surface area contributed by atoms with E-state index in [2.05, 4.69) is 41.9 Å². The van der Waals surface area contributed by atoms with Crippen molar-refractivity contribution in [3.05, 3.63) is 35.4 Å². The molecule has 0 saturated carbocycles. The molecule has 31 nitrogen and oxygen atoms in total. The van der Waals surface area contributed by atoms with Crippen molar-refractivity contribution in [2.24, 2.45) is 0 Å². The van der Waals surface area contributed by atoms with E-state index in [-0.39, 0.29) is 6.07 Å². The second-order valence-electron chi connectivity index (χ2n) is 11.4. The van der Waals surface area contributed by atoms with Gasteiger partial charge in [-0.1, -0.05) is 12.1 Å². The lowest BCUT2D eigenvalue weighted by Gasteiger charge is -2.51. The maximum Gasteiger partial charge on any atom is 0.416 e. The largest absolute Gasteiger partial charge is 0.416 e. The SMILES string of the molecule is O=S(=O)(O)OC[C@H]1O[C@H](O[C@H]2[C@H](OS(=O)(=O)O)[C@@H](OS(=O)(=O)O)[C@@](S)(c3cccc(C(F)(F)F)c3)O[C@@H]2COS(=O)(=O)O)[C@H](OS(=O)(=O)O)[C@@H](OS(=O)(=O)O)[C@@H]1OS(=O)(=O)O. The van der Waals surface area contributed by atoms with E-state index in [1.54, 1.807) is 0 Å². The lowest BCUT2D eigenvalue weighted by molar-refractivity contribution is -0.333. The molecule has 61 heavy (non-hydrogen) atoms. The summed E-state index contributed by atoms with van der Waals surface area (Å²) in [6.45, 7) is -3.85. The van der Waals surface area contributed by atoms with Gasteiger partial charge in [-0.15, -0.1) is 12.6 Å². The molecule has 0 unspecified atom stereocenters. The quantitative estimate of drug-likeness (QED) is 0.0502. The van der Waals surface area contributed by atoms with E-state index in [1.165, 1.54) is 0 Å². The molecule has 2 aliphatic rings. The van der Waals surface area contributed by atoms with E-state index in [4.69, 9.17) is 18.8 Å². The van der Waals surface area contributed by atoms with Gasteiger partial charge in [-0.3, -0.25) is 31.9 Å². The Balaban J connectivity index is 2.47. The molecular weight excluding hydrogens is 1040 g/mol. The van der Waals surface area contributed by atoms with Gasteiger partial charge in [0.25, 0.3) is 0 Å². The summed E-state index contributed by atoms with van der Waals surface area (Å²) < 4.78 is 319. The van der Waals surface area contributed by atoms with Crippen LogP contribution in [0.15, 0.2) is 24.3 Å². The minimum Gasteiger partial charge on any atom is -0.349 e. The maximum atomic E-state index is 13.8. The highest BCUT2D eigenvalue weighted by Gasteiger charge is 2.62. The smallest absolute Gasteiger partial charge is 0.349 e. The third-order valence-electron chi connectivity index (χ3n) is 7.11. The monoisotopic (exact) mass is 1060 g/mol. The van der Waals surface area contributed by atoms with E-state index < -0.39 is 163 Å². The van der Waals surface area contributed by atoms with Gasteiger partial charge in [-0.2, -0.15) is 72.1 Å². The first-order valence-electron chi connectivity index (χ1n) is 14.5. The molecule has 0 spiro atoms. The van der Waals surface area contributed by atoms with Gasteiger partial charge < -0.3 is 14.2 Å². The molecule has 7 N–H and O–H groups in total. The Morgan fingerprint density at radius 2 is 1.00 bits per heavy atom. The van der Waals surface area contributed by atoms with Crippen molar-refractivity contribution in [3.63, 3.8) is 0 Å².